The first kappa shape index (κ1) is 40.4. The van der Waals surface area contributed by atoms with Crippen molar-refractivity contribution in [2.45, 2.75) is 24.7 Å². The van der Waals surface area contributed by atoms with Crippen molar-refractivity contribution < 1.29 is 48.5 Å². The van der Waals surface area contributed by atoms with Crippen molar-refractivity contribution in [3.05, 3.63) is 138 Å². The average molecular weight is 877 g/mol. The molecule has 0 aromatic heterocycles. The highest BCUT2D eigenvalue weighted by Crippen LogP contribution is 2.61. The lowest BCUT2D eigenvalue weighted by Gasteiger charge is -2.48. The van der Waals surface area contributed by atoms with Gasteiger partial charge in [-0.15, -0.1) is 0 Å². The van der Waals surface area contributed by atoms with Crippen LogP contribution in [0.5, 0.6) is 0 Å². The highest BCUT2D eigenvalue weighted by atomic mass is 79.9. The Hall–Kier alpha value is -4.36. The molecule has 4 aromatic carbocycles. The Labute approximate surface area is 325 Å². The van der Waals surface area contributed by atoms with E-state index in [9.17, 15) is 39.0 Å². The molecule has 2 unspecified atom stereocenters. The van der Waals surface area contributed by atoms with Crippen molar-refractivity contribution in [1.82, 2.24) is 0 Å². The van der Waals surface area contributed by atoms with E-state index in [1.165, 1.54) is 72.8 Å². The minimum absolute atomic E-state index is 0.0216. The number of ether oxygens (including phenoxy) is 2. The number of carboxylic acids is 2. The van der Waals surface area contributed by atoms with Gasteiger partial charge in [-0.2, -0.15) is 0 Å². The first-order valence-electron chi connectivity index (χ1n) is 15.4. The Morgan fingerprint density at radius 2 is 0.865 bits per heavy atom. The zero-order valence-corrected chi connectivity index (χ0v) is 32.2. The van der Waals surface area contributed by atoms with Crippen LogP contribution in [0.15, 0.2) is 106 Å². The van der Waals surface area contributed by atoms with Crippen molar-refractivity contribution in [2.24, 2.45) is 10.8 Å². The van der Waals surface area contributed by atoms with Gasteiger partial charge in [0.05, 0.1) is 14.2 Å². The number of rotatable bonds is 15. The van der Waals surface area contributed by atoms with Crippen LogP contribution < -0.4 is 0 Å². The normalized spacial score (nSPS) is 12.7. The fraction of sp³-hybridized carbons (Fsp3) is 0.211. The lowest BCUT2D eigenvalue weighted by Crippen LogP contribution is -2.67. The van der Waals surface area contributed by atoms with Gasteiger partial charge in [-0.05, 0) is 59.7 Å². The minimum Gasteiger partial charge on any atom is -0.480 e. The highest BCUT2D eigenvalue weighted by Gasteiger charge is 2.78. The third kappa shape index (κ3) is 7.71. The smallest absolute Gasteiger partial charge is 0.325 e. The van der Waals surface area contributed by atoms with E-state index in [-0.39, 0.29) is 32.3 Å². The monoisotopic (exact) mass is 874 g/mol. The summed E-state index contributed by atoms with van der Waals surface area (Å²) in [4.78, 5) is 85.6. The Morgan fingerprint density at radius 1 is 0.558 bits per heavy atom. The molecule has 0 saturated carbocycles. The Balaban J connectivity index is 2.19. The molecule has 10 nitrogen and oxygen atoms in total. The maximum absolute atomic E-state index is 14.6. The second kappa shape index (κ2) is 17.0. The summed E-state index contributed by atoms with van der Waals surface area (Å²) < 4.78 is 11.6. The number of hydrogen-bond donors (Lipinski definition) is 2. The van der Waals surface area contributed by atoms with E-state index in [1.807, 2.05) is 0 Å². The van der Waals surface area contributed by atoms with E-state index in [0.717, 1.165) is 14.2 Å². The minimum atomic E-state index is -3.60. The van der Waals surface area contributed by atoms with Crippen LogP contribution >= 0.6 is 55.1 Å². The molecule has 52 heavy (non-hydrogen) atoms. The summed E-state index contributed by atoms with van der Waals surface area (Å²) in [7, 11) is 1.68. The average Bonchev–Trinajstić information content (AvgIpc) is 3.12. The Bertz CT molecular complexity index is 1950. The first-order valence-corrected chi connectivity index (χ1v) is 17.7. The summed E-state index contributed by atoms with van der Waals surface area (Å²) >= 11 is 19.0. The number of Topliss-reactive ketones (excluding diaryl/α,β-unsaturated/α-hetero) is 2. The molecule has 0 spiro atoms. The zero-order valence-electron chi connectivity index (χ0n) is 27.5. The molecule has 0 heterocycles. The summed E-state index contributed by atoms with van der Waals surface area (Å²) in [5, 5.41) is 23.2. The number of hydrogen-bond acceptors (Lipinski definition) is 8. The van der Waals surface area contributed by atoms with Crippen LogP contribution in [-0.4, -0.2) is 59.9 Å². The van der Waals surface area contributed by atoms with Gasteiger partial charge in [0.1, 0.15) is 0 Å². The largest absolute Gasteiger partial charge is 0.480 e. The Morgan fingerprint density at radius 3 is 1.15 bits per heavy atom. The number of benzene rings is 4. The van der Waals surface area contributed by atoms with Crippen LogP contribution in [0.25, 0.3) is 0 Å². The van der Waals surface area contributed by atoms with Gasteiger partial charge in [-0.3, -0.25) is 28.8 Å². The van der Waals surface area contributed by atoms with Crippen molar-refractivity contribution in [1.29, 1.82) is 0 Å². The molecule has 2 atom stereocenters. The quantitative estimate of drug-likeness (QED) is 0.0674. The van der Waals surface area contributed by atoms with Crippen molar-refractivity contribution in [3.8, 4) is 0 Å². The van der Waals surface area contributed by atoms with Gasteiger partial charge in [0.15, 0.2) is 22.4 Å². The molecular weight excluding hydrogens is 847 g/mol. The predicted octanol–water partition coefficient (Wildman–Crippen LogP) is 8.42. The molecule has 0 aliphatic heterocycles. The number of carbonyl (C=O) groups excluding carboxylic acids is 4. The third-order valence-corrected chi connectivity index (χ3v) is 10.6. The number of carboxylic acid groups (broad SMARTS) is 2. The molecule has 0 radical (unpaired) electrons. The van der Waals surface area contributed by atoms with Gasteiger partial charge >= 0.3 is 23.9 Å². The molecule has 0 amide bonds. The molecule has 0 bridgehead atoms. The molecule has 2 N–H and O–H groups in total. The topological polar surface area (TPSA) is 161 Å². The molecule has 14 heteroatoms. The number of halogens is 4. The van der Waals surface area contributed by atoms with Crippen LogP contribution in [0.2, 0.25) is 10.0 Å². The predicted molar refractivity (Wildman–Crippen MR) is 199 cm³/mol. The van der Waals surface area contributed by atoms with Crippen LogP contribution in [0, 0.1) is 10.8 Å². The maximum Gasteiger partial charge on any atom is 0.325 e. The summed E-state index contributed by atoms with van der Waals surface area (Å²) in [6, 6.07) is 22.7. The van der Waals surface area contributed by atoms with Gasteiger partial charge in [0, 0.05) is 54.8 Å². The summed E-state index contributed by atoms with van der Waals surface area (Å²) in [5.74, 6) is -13.0. The van der Waals surface area contributed by atoms with Crippen LogP contribution in [0.4, 0.5) is 0 Å². The van der Waals surface area contributed by atoms with E-state index in [2.05, 4.69) is 31.9 Å². The van der Waals surface area contributed by atoms with E-state index in [1.54, 1.807) is 24.3 Å². The molecule has 4 aromatic rings. The standard InChI is InChI=1S/C38H30Br2Cl2O10/c1-51-35(49)38(36(50)52-2,30(22-9-17-28(42)18-10-22)20-32(44)24-5-13-26(40)14-6-24)37(33(45)46,34(47)48)29(21-7-15-27(41)16-8-21)19-31(43)23-3-11-25(39)12-4-23/h3-18,29-30H,19-20H2,1-2H3,(H,45,46)(H,47,48). The maximum atomic E-state index is 14.6. The Kier molecular flexibility index (Phi) is 13.2. The van der Waals surface area contributed by atoms with E-state index < -0.39 is 71.0 Å². The lowest BCUT2D eigenvalue weighted by molar-refractivity contribution is -0.203. The second-order valence-electron chi connectivity index (χ2n) is 11.7. The van der Waals surface area contributed by atoms with Crippen LogP contribution in [0.3, 0.4) is 0 Å². The summed E-state index contributed by atoms with van der Waals surface area (Å²) in [6.45, 7) is 0. The molecule has 0 fully saturated rings. The number of ketones is 2. The van der Waals surface area contributed by atoms with Crippen molar-refractivity contribution in [2.75, 3.05) is 14.2 Å². The number of aliphatic carboxylic acids is 2. The summed E-state index contributed by atoms with van der Waals surface area (Å²) in [5.41, 5.74) is -6.92. The second-order valence-corrected chi connectivity index (χ2v) is 14.4. The van der Waals surface area contributed by atoms with E-state index in [0.29, 0.717) is 8.95 Å². The summed E-state index contributed by atoms with van der Waals surface area (Å²) in [6.07, 6.45) is -1.66. The van der Waals surface area contributed by atoms with Gasteiger partial charge in [-0.1, -0.05) is 104 Å². The van der Waals surface area contributed by atoms with E-state index >= 15 is 0 Å². The van der Waals surface area contributed by atoms with Gasteiger partial charge in [0.25, 0.3) is 0 Å². The van der Waals surface area contributed by atoms with Crippen LogP contribution in [-0.2, 0) is 28.7 Å². The molecule has 0 aliphatic rings. The molecule has 0 aliphatic carbocycles. The van der Waals surface area contributed by atoms with Crippen molar-refractivity contribution >= 4 is 90.5 Å². The lowest BCUT2D eigenvalue weighted by atomic mass is 9.48. The van der Waals surface area contributed by atoms with E-state index in [4.69, 9.17) is 32.7 Å². The zero-order chi connectivity index (χ0) is 38.4. The SMILES string of the molecule is COC(=O)C(C(=O)OC)(C(CC(=O)c1ccc(Br)cc1)c1ccc(Cl)cc1)C(C(=O)O)(C(=O)O)C(CC(=O)c1ccc(Br)cc1)c1ccc(Cl)cc1. The fourth-order valence-corrected chi connectivity index (χ4v) is 7.38. The number of esters is 2. The molecule has 0 saturated heterocycles. The van der Waals surface area contributed by atoms with Gasteiger partial charge in [0.2, 0.25) is 0 Å². The molecule has 4 rings (SSSR count). The van der Waals surface area contributed by atoms with Gasteiger partial charge in [-0.25, -0.2) is 0 Å². The number of methoxy groups -OCH3 is 2. The van der Waals surface area contributed by atoms with Crippen LogP contribution in [0.1, 0.15) is 56.5 Å². The first-order chi connectivity index (χ1) is 24.6. The van der Waals surface area contributed by atoms with Gasteiger partial charge < -0.3 is 19.7 Å². The number of carbonyl (C=O) groups is 6. The molecular formula is C38H30Br2Cl2O10. The third-order valence-electron chi connectivity index (χ3n) is 9.01. The fourth-order valence-electron chi connectivity index (χ4n) is 6.60. The van der Waals surface area contributed by atoms with Crippen molar-refractivity contribution in [3.63, 3.8) is 0 Å². The highest BCUT2D eigenvalue weighted by molar-refractivity contribution is 9.10. The molecule has 270 valence electrons.